The van der Waals surface area contributed by atoms with E-state index >= 15 is 0 Å². The molecule has 31 heavy (non-hydrogen) atoms. The van der Waals surface area contributed by atoms with Crippen LogP contribution in [0.15, 0.2) is 77.0 Å². The molecule has 0 amide bonds. The highest BCUT2D eigenvalue weighted by Crippen LogP contribution is 2.36. The zero-order valence-corrected chi connectivity index (χ0v) is 19.7. The summed E-state index contributed by atoms with van der Waals surface area (Å²) in [5, 5.41) is 2.31. The Labute approximate surface area is 195 Å². The molecule has 0 radical (unpaired) electrons. The van der Waals surface area contributed by atoms with Crippen molar-refractivity contribution in [3.8, 4) is 5.75 Å². The van der Waals surface area contributed by atoms with E-state index in [1.807, 2.05) is 66.7 Å². The highest BCUT2D eigenvalue weighted by molar-refractivity contribution is 7.91. The predicted molar refractivity (Wildman–Crippen MR) is 128 cm³/mol. The van der Waals surface area contributed by atoms with Gasteiger partial charge in [0.2, 0.25) is 0 Å². The van der Waals surface area contributed by atoms with Crippen molar-refractivity contribution in [2.45, 2.75) is 17.3 Å². The van der Waals surface area contributed by atoms with E-state index < -0.39 is 10.0 Å². The maximum Gasteiger partial charge on any atom is 0.253 e. The van der Waals surface area contributed by atoms with Crippen LogP contribution in [-0.2, 0) is 23.1 Å². The molecular formula is C23H19Cl2NO3S2. The number of hydrogen-bond donors (Lipinski definition) is 0. The second-order valence-electron chi connectivity index (χ2n) is 6.95. The van der Waals surface area contributed by atoms with Crippen molar-refractivity contribution in [1.29, 1.82) is 0 Å². The van der Waals surface area contributed by atoms with Crippen LogP contribution in [0, 0.1) is 0 Å². The normalized spacial score (nSPS) is 11.9. The van der Waals surface area contributed by atoms with E-state index in [2.05, 4.69) is 0 Å². The number of rotatable bonds is 7. The molecule has 8 heteroatoms. The Kier molecular flexibility index (Phi) is 6.55. The number of fused-ring (bicyclic) bond motifs is 1. The van der Waals surface area contributed by atoms with Crippen molar-refractivity contribution in [3.05, 3.63) is 93.3 Å². The molecule has 0 bridgehead atoms. The van der Waals surface area contributed by atoms with Crippen LogP contribution in [0.2, 0.25) is 9.36 Å². The van der Waals surface area contributed by atoms with Gasteiger partial charge in [-0.25, -0.2) is 8.42 Å². The molecule has 0 N–H and O–H groups in total. The second-order valence-corrected chi connectivity index (χ2v) is 11.2. The van der Waals surface area contributed by atoms with Crippen LogP contribution in [0.5, 0.6) is 5.75 Å². The van der Waals surface area contributed by atoms with Gasteiger partial charge in [-0.15, -0.1) is 11.3 Å². The molecule has 0 atom stereocenters. The molecule has 0 fully saturated rings. The predicted octanol–water partition coefficient (Wildman–Crippen LogP) is 6.61. The van der Waals surface area contributed by atoms with Gasteiger partial charge < -0.3 is 4.74 Å². The number of methoxy groups -OCH3 is 1. The van der Waals surface area contributed by atoms with Gasteiger partial charge in [0.25, 0.3) is 10.0 Å². The quantitative estimate of drug-likeness (QED) is 0.292. The standard InChI is InChI=1S/C23H19Cl2NO3S2/c1-29-19-11-9-16(10-12-19)14-26(31(27,28)22-13-21(24)23(25)30-22)15-18-7-4-6-17-5-2-3-8-20(17)18/h2-13H,14-15H2,1H3. The average Bonchev–Trinajstić information content (AvgIpc) is 3.13. The highest BCUT2D eigenvalue weighted by Gasteiger charge is 2.28. The summed E-state index contributed by atoms with van der Waals surface area (Å²) in [4.78, 5) is 0. The summed E-state index contributed by atoms with van der Waals surface area (Å²) in [5.74, 6) is 0.712. The van der Waals surface area contributed by atoms with E-state index in [0.29, 0.717) is 5.75 Å². The first-order valence-electron chi connectivity index (χ1n) is 9.43. The van der Waals surface area contributed by atoms with Crippen molar-refractivity contribution < 1.29 is 13.2 Å². The molecular weight excluding hydrogens is 473 g/mol. The third-order valence-electron chi connectivity index (χ3n) is 4.96. The van der Waals surface area contributed by atoms with Gasteiger partial charge in [-0.05, 0) is 40.1 Å². The van der Waals surface area contributed by atoms with Crippen molar-refractivity contribution >= 4 is 55.3 Å². The monoisotopic (exact) mass is 491 g/mol. The van der Waals surface area contributed by atoms with E-state index in [-0.39, 0.29) is 26.7 Å². The Bertz CT molecular complexity index is 1290. The molecule has 3 aromatic carbocycles. The molecule has 1 aromatic heterocycles. The van der Waals surface area contributed by atoms with Crippen molar-refractivity contribution in [2.24, 2.45) is 0 Å². The minimum Gasteiger partial charge on any atom is -0.497 e. The summed E-state index contributed by atoms with van der Waals surface area (Å²) < 4.78 is 34.2. The first-order valence-corrected chi connectivity index (χ1v) is 12.4. The maximum absolute atomic E-state index is 13.6. The number of sulfonamides is 1. The number of ether oxygens (including phenoxy) is 1. The first kappa shape index (κ1) is 22.1. The Morgan fingerprint density at radius 3 is 2.32 bits per heavy atom. The molecule has 0 saturated carbocycles. The van der Waals surface area contributed by atoms with Gasteiger partial charge in [-0.2, -0.15) is 4.31 Å². The average molecular weight is 492 g/mol. The second kappa shape index (κ2) is 9.18. The molecule has 0 unspecified atom stereocenters. The van der Waals surface area contributed by atoms with Crippen molar-refractivity contribution in [3.63, 3.8) is 0 Å². The summed E-state index contributed by atoms with van der Waals surface area (Å²) in [5.41, 5.74) is 1.77. The minimum atomic E-state index is -3.83. The Hall–Kier alpha value is -2.09. The maximum atomic E-state index is 13.6. The molecule has 0 aliphatic heterocycles. The van der Waals surface area contributed by atoms with Crippen molar-refractivity contribution in [1.82, 2.24) is 4.31 Å². The molecule has 4 aromatic rings. The first-order chi connectivity index (χ1) is 14.9. The summed E-state index contributed by atoms with van der Waals surface area (Å²) in [7, 11) is -2.24. The largest absolute Gasteiger partial charge is 0.497 e. The highest BCUT2D eigenvalue weighted by atomic mass is 35.5. The Morgan fingerprint density at radius 1 is 0.935 bits per heavy atom. The van der Waals surface area contributed by atoms with Crippen LogP contribution in [0.4, 0.5) is 0 Å². The van der Waals surface area contributed by atoms with Gasteiger partial charge in [0, 0.05) is 13.1 Å². The lowest BCUT2D eigenvalue weighted by Crippen LogP contribution is -2.29. The van der Waals surface area contributed by atoms with E-state index in [0.717, 1.165) is 33.2 Å². The van der Waals surface area contributed by atoms with Crippen LogP contribution in [0.3, 0.4) is 0 Å². The fraction of sp³-hybridized carbons (Fsp3) is 0.130. The van der Waals surface area contributed by atoms with Crippen LogP contribution in [0.25, 0.3) is 10.8 Å². The van der Waals surface area contributed by atoms with Gasteiger partial charge in [0.15, 0.2) is 0 Å². The molecule has 160 valence electrons. The zero-order valence-electron chi connectivity index (χ0n) is 16.6. The molecule has 4 nitrogen and oxygen atoms in total. The summed E-state index contributed by atoms with van der Waals surface area (Å²) in [6, 6.07) is 22.6. The fourth-order valence-electron chi connectivity index (χ4n) is 3.36. The van der Waals surface area contributed by atoms with E-state index in [4.69, 9.17) is 27.9 Å². The number of halogens is 2. The van der Waals surface area contributed by atoms with Crippen molar-refractivity contribution in [2.75, 3.05) is 7.11 Å². The molecule has 0 aliphatic rings. The van der Waals surface area contributed by atoms with Crippen LogP contribution >= 0.6 is 34.5 Å². The number of thiophene rings is 1. The summed E-state index contributed by atoms with van der Waals surface area (Å²) in [6.07, 6.45) is 0. The third kappa shape index (κ3) is 4.73. The molecule has 0 saturated heterocycles. The Balaban J connectivity index is 1.76. The van der Waals surface area contributed by atoms with Gasteiger partial charge in [-0.1, -0.05) is 77.8 Å². The fourth-order valence-corrected chi connectivity index (χ4v) is 6.80. The van der Waals surface area contributed by atoms with Crippen LogP contribution in [0.1, 0.15) is 11.1 Å². The number of nitrogens with zero attached hydrogens (tertiary/aromatic N) is 1. The summed E-state index contributed by atoms with van der Waals surface area (Å²) >= 11 is 13.1. The smallest absolute Gasteiger partial charge is 0.253 e. The lowest BCUT2D eigenvalue weighted by molar-refractivity contribution is 0.401. The molecule has 1 heterocycles. The SMILES string of the molecule is COc1ccc(CN(Cc2cccc3ccccc23)S(=O)(=O)c2cc(Cl)c(Cl)s2)cc1. The van der Waals surface area contributed by atoms with Gasteiger partial charge in [0.05, 0.1) is 12.1 Å². The third-order valence-corrected chi connectivity index (χ3v) is 9.07. The lowest BCUT2D eigenvalue weighted by Gasteiger charge is -2.22. The van der Waals surface area contributed by atoms with Gasteiger partial charge in [0.1, 0.15) is 14.3 Å². The molecule has 0 spiro atoms. The molecule has 4 rings (SSSR count). The topological polar surface area (TPSA) is 46.6 Å². The summed E-state index contributed by atoms with van der Waals surface area (Å²) in [6.45, 7) is 0.408. The minimum absolute atomic E-state index is 0.122. The van der Waals surface area contributed by atoms with E-state index in [1.54, 1.807) is 7.11 Å². The number of hydrogen-bond acceptors (Lipinski definition) is 4. The lowest BCUT2D eigenvalue weighted by atomic mass is 10.0. The Morgan fingerprint density at radius 2 is 1.65 bits per heavy atom. The van der Waals surface area contributed by atoms with E-state index in [9.17, 15) is 8.42 Å². The van der Waals surface area contributed by atoms with Gasteiger partial charge >= 0.3 is 0 Å². The zero-order chi connectivity index (χ0) is 22.0. The van der Waals surface area contributed by atoms with Gasteiger partial charge in [-0.3, -0.25) is 0 Å². The van der Waals surface area contributed by atoms with Crippen LogP contribution in [-0.4, -0.2) is 19.8 Å². The van der Waals surface area contributed by atoms with E-state index in [1.165, 1.54) is 10.4 Å². The van der Waals surface area contributed by atoms with Crippen LogP contribution < -0.4 is 4.74 Å². The number of benzene rings is 3. The molecule has 0 aliphatic carbocycles.